The van der Waals surface area contributed by atoms with Crippen LogP contribution in [0, 0.1) is 6.92 Å². The summed E-state index contributed by atoms with van der Waals surface area (Å²) in [7, 11) is 0. The van der Waals surface area contributed by atoms with Crippen LogP contribution < -0.4 is 5.56 Å². The molecule has 1 aliphatic rings. The van der Waals surface area contributed by atoms with Gasteiger partial charge in [-0.1, -0.05) is 31.2 Å². The van der Waals surface area contributed by atoms with E-state index in [1.807, 2.05) is 19.9 Å². The van der Waals surface area contributed by atoms with Crippen molar-refractivity contribution in [2.45, 2.75) is 26.3 Å². The van der Waals surface area contributed by atoms with Crippen molar-refractivity contribution in [1.29, 1.82) is 0 Å². The summed E-state index contributed by atoms with van der Waals surface area (Å²) in [5.74, 6) is -0.0608. The minimum Gasteiger partial charge on any atom is -0.269 e. The SMILES string of the molecule is CC[C@@H](c1nc2ccccc2c(=O)n1-c1cc(C)ccn1)N1C(=O)c2ccccc2C1=O. The number of fused-ring (bicyclic) bond motifs is 2. The number of carbonyl (C=O) groups excluding carboxylic acids is 2. The molecule has 3 heterocycles. The molecule has 0 N–H and O–H groups in total. The van der Waals surface area contributed by atoms with E-state index in [1.165, 1.54) is 9.47 Å². The lowest BCUT2D eigenvalue weighted by atomic mass is 10.1. The third kappa shape index (κ3) is 2.93. The second-order valence-corrected chi connectivity index (χ2v) is 7.77. The Balaban J connectivity index is 1.78. The Kier molecular flexibility index (Phi) is 4.66. The predicted molar refractivity (Wildman–Crippen MR) is 120 cm³/mol. The molecule has 2 aromatic heterocycles. The van der Waals surface area contributed by atoms with E-state index in [0.29, 0.717) is 40.1 Å². The van der Waals surface area contributed by atoms with Crippen LogP contribution in [0.15, 0.2) is 71.7 Å². The average Bonchev–Trinajstić information content (AvgIpc) is 3.05. The Morgan fingerprint density at radius 2 is 1.56 bits per heavy atom. The van der Waals surface area contributed by atoms with Crippen LogP contribution in [0.5, 0.6) is 0 Å². The van der Waals surface area contributed by atoms with Crippen LogP contribution in [-0.2, 0) is 0 Å². The first-order valence-corrected chi connectivity index (χ1v) is 10.4. The third-order valence-electron chi connectivity index (χ3n) is 5.75. The van der Waals surface area contributed by atoms with Crippen molar-refractivity contribution in [3.63, 3.8) is 0 Å². The lowest BCUT2D eigenvalue weighted by Gasteiger charge is -2.27. The molecule has 7 nitrogen and oxygen atoms in total. The number of para-hydroxylation sites is 1. The van der Waals surface area contributed by atoms with E-state index in [4.69, 9.17) is 4.98 Å². The van der Waals surface area contributed by atoms with Crippen LogP contribution in [0.25, 0.3) is 16.7 Å². The number of carbonyl (C=O) groups is 2. The Bertz CT molecular complexity index is 1420. The van der Waals surface area contributed by atoms with Crippen LogP contribution in [0.4, 0.5) is 0 Å². The second-order valence-electron chi connectivity index (χ2n) is 7.77. The van der Waals surface area contributed by atoms with Crippen molar-refractivity contribution in [1.82, 2.24) is 19.4 Å². The highest BCUT2D eigenvalue weighted by molar-refractivity contribution is 6.21. The monoisotopic (exact) mass is 424 g/mol. The zero-order valence-corrected chi connectivity index (χ0v) is 17.6. The van der Waals surface area contributed by atoms with Gasteiger partial charge in [0.2, 0.25) is 0 Å². The molecular formula is C25H20N4O3. The molecular weight excluding hydrogens is 404 g/mol. The number of imide groups is 1. The van der Waals surface area contributed by atoms with Crippen LogP contribution >= 0.6 is 0 Å². The van der Waals surface area contributed by atoms with Crippen molar-refractivity contribution >= 4 is 22.7 Å². The smallest absolute Gasteiger partial charge is 0.267 e. The number of hydrogen-bond acceptors (Lipinski definition) is 5. The normalized spacial score (nSPS) is 14.1. The van der Waals surface area contributed by atoms with E-state index in [2.05, 4.69) is 4.98 Å². The molecule has 0 unspecified atom stereocenters. The standard InChI is InChI=1S/C25H20N4O3/c1-3-20(28-23(30)16-8-4-5-9-17(16)24(28)31)22-27-19-11-7-6-10-18(19)25(32)29(22)21-14-15(2)12-13-26-21/h4-14,20H,3H2,1-2H3/t20-/m0/s1. The molecule has 4 aromatic rings. The first-order chi connectivity index (χ1) is 15.5. The zero-order valence-electron chi connectivity index (χ0n) is 17.6. The first-order valence-electron chi connectivity index (χ1n) is 10.4. The fraction of sp³-hybridized carbons (Fsp3) is 0.160. The highest BCUT2D eigenvalue weighted by atomic mass is 16.2. The van der Waals surface area contributed by atoms with Gasteiger partial charge in [-0.05, 0) is 55.3 Å². The topological polar surface area (TPSA) is 85.2 Å². The van der Waals surface area contributed by atoms with Gasteiger partial charge >= 0.3 is 0 Å². The van der Waals surface area contributed by atoms with Crippen LogP contribution in [0.2, 0.25) is 0 Å². The predicted octanol–water partition coefficient (Wildman–Crippen LogP) is 3.84. The van der Waals surface area contributed by atoms with Crippen LogP contribution in [0.1, 0.15) is 51.5 Å². The number of rotatable bonds is 4. The highest BCUT2D eigenvalue weighted by Gasteiger charge is 2.41. The summed E-state index contributed by atoms with van der Waals surface area (Å²) in [5, 5.41) is 0.441. The summed E-state index contributed by atoms with van der Waals surface area (Å²) in [4.78, 5) is 50.4. The molecule has 158 valence electrons. The Hall–Kier alpha value is -4.13. The maximum atomic E-state index is 13.6. The van der Waals surface area contributed by atoms with Crippen LogP contribution in [0.3, 0.4) is 0 Å². The van der Waals surface area contributed by atoms with Crippen molar-refractivity contribution in [3.05, 3.63) is 99.7 Å². The largest absolute Gasteiger partial charge is 0.269 e. The average molecular weight is 424 g/mol. The van der Waals surface area contributed by atoms with Crippen molar-refractivity contribution in [2.24, 2.45) is 0 Å². The quantitative estimate of drug-likeness (QED) is 0.465. The van der Waals surface area contributed by atoms with Gasteiger partial charge in [0.15, 0.2) is 0 Å². The molecule has 0 radical (unpaired) electrons. The summed E-state index contributed by atoms with van der Waals surface area (Å²) < 4.78 is 1.42. The summed E-state index contributed by atoms with van der Waals surface area (Å²) in [6, 6.07) is 16.7. The van der Waals surface area contributed by atoms with Gasteiger partial charge < -0.3 is 0 Å². The lowest BCUT2D eigenvalue weighted by Crippen LogP contribution is -2.38. The van der Waals surface area contributed by atoms with Gasteiger partial charge in [0.05, 0.1) is 28.1 Å². The molecule has 0 spiro atoms. The Morgan fingerprint density at radius 1 is 0.906 bits per heavy atom. The summed E-state index contributed by atoms with van der Waals surface area (Å²) in [6.07, 6.45) is 2.01. The fourth-order valence-electron chi connectivity index (χ4n) is 4.21. The molecule has 0 aliphatic carbocycles. The van der Waals surface area contributed by atoms with Crippen LogP contribution in [-0.4, -0.2) is 31.2 Å². The maximum Gasteiger partial charge on any atom is 0.267 e. The van der Waals surface area contributed by atoms with Gasteiger partial charge in [0.1, 0.15) is 11.6 Å². The molecule has 7 heteroatoms. The number of amides is 2. The van der Waals surface area contributed by atoms with E-state index in [-0.39, 0.29) is 17.4 Å². The summed E-state index contributed by atoms with van der Waals surface area (Å²) in [5.41, 5.74) is 1.86. The molecule has 2 amide bonds. The molecule has 32 heavy (non-hydrogen) atoms. The molecule has 0 saturated carbocycles. The number of pyridine rings is 1. The molecule has 2 aromatic carbocycles. The molecule has 1 aliphatic heterocycles. The molecule has 0 fully saturated rings. The van der Waals surface area contributed by atoms with Gasteiger partial charge in [-0.25, -0.2) is 14.5 Å². The first kappa shape index (κ1) is 19.8. The Morgan fingerprint density at radius 3 is 2.22 bits per heavy atom. The lowest BCUT2D eigenvalue weighted by molar-refractivity contribution is 0.0568. The van der Waals surface area contributed by atoms with Crippen molar-refractivity contribution < 1.29 is 9.59 Å². The fourth-order valence-corrected chi connectivity index (χ4v) is 4.21. The van der Waals surface area contributed by atoms with Gasteiger partial charge in [-0.2, -0.15) is 0 Å². The van der Waals surface area contributed by atoms with E-state index in [9.17, 15) is 14.4 Å². The number of hydrogen-bond donors (Lipinski definition) is 0. The summed E-state index contributed by atoms with van der Waals surface area (Å²) >= 11 is 0. The van der Waals surface area contributed by atoms with Crippen molar-refractivity contribution in [2.75, 3.05) is 0 Å². The highest BCUT2D eigenvalue weighted by Crippen LogP contribution is 2.33. The maximum absolute atomic E-state index is 13.6. The van der Waals surface area contributed by atoms with Gasteiger partial charge in [-0.3, -0.25) is 19.3 Å². The second kappa shape index (κ2) is 7.53. The molecule has 1 atom stereocenters. The van der Waals surface area contributed by atoms with Gasteiger partial charge in [-0.15, -0.1) is 0 Å². The summed E-state index contributed by atoms with van der Waals surface area (Å²) in [6.45, 7) is 3.77. The number of aryl methyl sites for hydroxylation is 1. The molecule has 5 rings (SSSR count). The number of benzene rings is 2. The van der Waals surface area contributed by atoms with E-state index >= 15 is 0 Å². The van der Waals surface area contributed by atoms with E-state index in [1.54, 1.807) is 60.8 Å². The van der Waals surface area contributed by atoms with Crippen molar-refractivity contribution in [3.8, 4) is 5.82 Å². The minimum absolute atomic E-state index is 0.293. The van der Waals surface area contributed by atoms with E-state index < -0.39 is 6.04 Å². The number of aromatic nitrogens is 3. The third-order valence-corrected chi connectivity index (χ3v) is 5.75. The minimum atomic E-state index is -0.734. The van der Waals surface area contributed by atoms with Gasteiger partial charge in [0.25, 0.3) is 17.4 Å². The van der Waals surface area contributed by atoms with E-state index in [0.717, 1.165) is 5.56 Å². The Labute approximate surface area is 184 Å². The molecule has 0 bridgehead atoms. The van der Waals surface area contributed by atoms with Gasteiger partial charge in [0, 0.05) is 6.20 Å². The zero-order chi connectivity index (χ0) is 22.4. The number of nitrogens with zero attached hydrogens (tertiary/aromatic N) is 4. The molecule has 0 saturated heterocycles.